The van der Waals surface area contributed by atoms with Crippen LogP contribution in [0.2, 0.25) is 0 Å². The van der Waals surface area contributed by atoms with Crippen molar-refractivity contribution in [2.75, 3.05) is 7.11 Å². The summed E-state index contributed by atoms with van der Waals surface area (Å²) in [5.41, 5.74) is 2.42. The molecule has 4 aromatic rings. The molecule has 7 heteroatoms. The molecule has 0 amide bonds. The number of methoxy groups -OCH3 is 1. The Bertz CT molecular complexity index is 1130. The van der Waals surface area contributed by atoms with Crippen LogP contribution in [0.5, 0.6) is 5.75 Å². The molecule has 2 aromatic heterocycles. The van der Waals surface area contributed by atoms with Gasteiger partial charge in [-0.3, -0.25) is 4.57 Å². The summed E-state index contributed by atoms with van der Waals surface area (Å²) in [7, 11) is 1.63. The Balaban J connectivity index is 1.77. The Morgan fingerprint density at radius 1 is 1.07 bits per heavy atom. The van der Waals surface area contributed by atoms with Gasteiger partial charge in [-0.25, -0.2) is 0 Å². The van der Waals surface area contributed by atoms with Crippen LogP contribution < -0.4 is 4.74 Å². The highest BCUT2D eigenvalue weighted by Crippen LogP contribution is 2.34. The summed E-state index contributed by atoms with van der Waals surface area (Å²) in [5.74, 6) is 2.50. The highest BCUT2D eigenvalue weighted by molar-refractivity contribution is 7.98. The lowest BCUT2D eigenvalue weighted by atomic mass is 10.1. The maximum absolute atomic E-state index is 9.32. The first-order valence-corrected chi connectivity index (χ1v) is 9.54. The van der Waals surface area contributed by atoms with Crippen molar-refractivity contribution in [1.82, 2.24) is 14.8 Å². The summed E-state index contributed by atoms with van der Waals surface area (Å²) in [6, 6.07) is 21.1. The number of para-hydroxylation sites is 2. The minimum atomic E-state index is 0.588. The predicted octanol–water partition coefficient (Wildman–Crippen LogP) is 4.70. The van der Waals surface area contributed by atoms with Gasteiger partial charge in [0.1, 0.15) is 5.75 Å². The Hall–Kier alpha value is -3.50. The second-order valence-corrected chi connectivity index (χ2v) is 6.79. The van der Waals surface area contributed by atoms with E-state index in [0.29, 0.717) is 33.8 Å². The van der Waals surface area contributed by atoms with E-state index in [1.165, 1.54) is 11.8 Å². The zero-order valence-corrected chi connectivity index (χ0v) is 15.9. The Kier molecular flexibility index (Phi) is 5.13. The quantitative estimate of drug-likeness (QED) is 0.446. The van der Waals surface area contributed by atoms with Crippen LogP contribution in [-0.4, -0.2) is 21.9 Å². The molecule has 6 nitrogen and oxygen atoms in total. The molecule has 2 heterocycles. The van der Waals surface area contributed by atoms with Gasteiger partial charge in [-0.2, -0.15) is 5.26 Å². The van der Waals surface area contributed by atoms with E-state index >= 15 is 0 Å². The van der Waals surface area contributed by atoms with E-state index in [2.05, 4.69) is 16.3 Å². The number of benzene rings is 2. The van der Waals surface area contributed by atoms with Gasteiger partial charge in [-0.05, 0) is 35.9 Å². The monoisotopic (exact) mass is 388 g/mol. The van der Waals surface area contributed by atoms with Gasteiger partial charge in [0, 0.05) is 5.75 Å². The molecule has 0 aliphatic rings. The molecule has 0 atom stereocenters. The fourth-order valence-electron chi connectivity index (χ4n) is 2.86. The van der Waals surface area contributed by atoms with Crippen molar-refractivity contribution in [3.05, 3.63) is 78.1 Å². The van der Waals surface area contributed by atoms with Gasteiger partial charge in [0.2, 0.25) is 5.82 Å². The van der Waals surface area contributed by atoms with Gasteiger partial charge >= 0.3 is 0 Å². The van der Waals surface area contributed by atoms with Crippen LogP contribution in [-0.2, 0) is 5.75 Å². The van der Waals surface area contributed by atoms with Crippen molar-refractivity contribution in [2.24, 2.45) is 0 Å². The third kappa shape index (κ3) is 3.38. The number of nitrogens with zero attached hydrogens (tertiary/aromatic N) is 4. The number of nitriles is 1. The summed E-state index contributed by atoms with van der Waals surface area (Å²) in [4.78, 5) is 0. The average Bonchev–Trinajstić information content (AvgIpc) is 3.42. The second kappa shape index (κ2) is 8.03. The van der Waals surface area contributed by atoms with Crippen LogP contribution in [0.4, 0.5) is 0 Å². The molecular formula is C21H16N4O2S. The lowest BCUT2D eigenvalue weighted by molar-refractivity contribution is 0.412. The van der Waals surface area contributed by atoms with Crippen LogP contribution >= 0.6 is 11.8 Å². The standard InChI is InChI=1S/C21H16N4O2S/c1-26-18-10-5-4-9-17(18)25-20(19-11-6-12-27-19)23-24-21(25)28-14-16-8-3-2-7-15(16)13-22/h2-12H,14H2,1H3. The zero-order chi connectivity index (χ0) is 19.3. The first-order valence-electron chi connectivity index (χ1n) is 8.55. The van der Waals surface area contributed by atoms with E-state index in [1.807, 2.05) is 65.2 Å². The molecule has 2 aromatic carbocycles. The maximum Gasteiger partial charge on any atom is 0.205 e. The molecule has 0 N–H and O–H groups in total. The minimum Gasteiger partial charge on any atom is -0.495 e. The van der Waals surface area contributed by atoms with Gasteiger partial charge < -0.3 is 9.15 Å². The third-order valence-corrected chi connectivity index (χ3v) is 5.17. The van der Waals surface area contributed by atoms with E-state index < -0.39 is 0 Å². The normalized spacial score (nSPS) is 10.6. The fraction of sp³-hybridized carbons (Fsp3) is 0.0952. The van der Waals surface area contributed by atoms with Gasteiger partial charge in [-0.15, -0.1) is 10.2 Å². The highest BCUT2D eigenvalue weighted by Gasteiger charge is 2.20. The second-order valence-electron chi connectivity index (χ2n) is 5.85. The first-order chi connectivity index (χ1) is 13.8. The molecule has 0 saturated carbocycles. The lowest BCUT2D eigenvalue weighted by Crippen LogP contribution is -2.02. The summed E-state index contributed by atoms with van der Waals surface area (Å²) < 4.78 is 13.0. The van der Waals surface area contributed by atoms with Gasteiger partial charge in [-0.1, -0.05) is 42.1 Å². The molecule has 138 valence electrons. The molecule has 0 spiro atoms. The molecule has 0 saturated heterocycles. The number of hydrogen-bond donors (Lipinski definition) is 0. The van der Waals surface area contributed by atoms with Crippen molar-refractivity contribution in [3.63, 3.8) is 0 Å². The van der Waals surface area contributed by atoms with Crippen molar-refractivity contribution in [1.29, 1.82) is 5.26 Å². The van der Waals surface area contributed by atoms with E-state index in [4.69, 9.17) is 9.15 Å². The summed E-state index contributed by atoms with van der Waals surface area (Å²) >= 11 is 1.50. The van der Waals surface area contributed by atoms with E-state index in [-0.39, 0.29) is 0 Å². The third-order valence-electron chi connectivity index (χ3n) is 4.20. The molecule has 4 rings (SSSR count). The van der Waals surface area contributed by atoms with Crippen molar-refractivity contribution < 1.29 is 9.15 Å². The highest BCUT2D eigenvalue weighted by atomic mass is 32.2. The van der Waals surface area contributed by atoms with Crippen molar-refractivity contribution >= 4 is 11.8 Å². The van der Waals surface area contributed by atoms with Crippen LogP contribution in [0.15, 0.2) is 76.5 Å². The number of aromatic nitrogens is 3. The number of hydrogen-bond acceptors (Lipinski definition) is 6. The predicted molar refractivity (Wildman–Crippen MR) is 106 cm³/mol. The number of furan rings is 1. The van der Waals surface area contributed by atoms with Crippen LogP contribution in [0.1, 0.15) is 11.1 Å². The number of thioether (sulfide) groups is 1. The minimum absolute atomic E-state index is 0.588. The maximum atomic E-state index is 9.32. The van der Waals surface area contributed by atoms with E-state index in [1.54, 1.807) is 13.4 Å². The van der Waals surface area contributed by atoms with Gasteiger partial charge in [0.05, 0.1) is 30.7 Å². The summed E-state index contributed by atoms with van der Waals surface area (Å²) in [5, 5.41) is 18.7. The zero-order valence-electron chi connectivity index (χ0n) is 15.1. The smallest absolute Gasteiger partial charge is 0.205 e. The molecule has 0 bridgehead atoms. The lowest BCUT2D eigenvalue weighted by Gasteiger charge is -2.13. The summed E-state index contributed by atoms with van der Waals surface area (Å²) in [6.45, 7) is 0. The van der Waals surface area contributed by atoms with Gasteiger partial charge in [0.25, 0.3) is 0 Å². The van der Waals surface area contributed by atoms with Crippen molar-refractivity contribution in [2.45, 2.75) is 10.9 Å². The Morgan fingerprint density at radius 3 is 2.68 bits per heavy atom. The number of ether oxygens (including phenoxy) is 1. The topological polar surface area (TPSA) is 76.9 Å². The molecule has 0 radical (unpaired) electrons. The first kappa shape index (κ1) is 17.9. The van der Waals surface area contributed by atoms with E-state index in [0.717, 1.165) is 11.3 Å². The molecule has 0 fully saturated rings. The SMILES string of the molecule is COc1ccccc1-n1c(SCc2ccccc2C#N)nnc1-c1ccco1. The van der Waals surface area contributed by atoms with Crippen molar-refractivity contribution in [3.8, 4) is 29.1 Å². The van der Waals surface area contributed by atoms with E-state index in [9.17, 15) is 5.26 Å². The Morgan fingerprint density at radius 2 is 1.89 bits per heavy atom. The number of rotatable bonds is 6. The molecular weight excluding hydrogens is 372 g/mol. The van der Waals surface area contributed by atoms with Crippen LogP contribution in [0.3, 0.4) is 0 Å². The largest absolute Gasteiger partial charge is 0.495 e. The molecule has 0 aliphatic carbocycles. The van der Waals surface area contributed by atoms with Gasteiger partial charge in [0.15, 0.2) is 10.9 Å². The average molecular weight is 388 g/mol. The molecule has 0 unspecified atom stereocenters. The fourth-order valence-corrected chi connectivity index (χ4v) is 3.81. The van der Waals surface area contributed by atoms with Crippen LogP contribution in [0.25, 0.3) is 17.3 Å². The Labute approximate surface area is 166 Å². The van der Waals surface area contributed by atoms with Crippen LogP contribution in [0, 0.1) is 11.3 Å². The summed E-state index contributed by atoms with van der Waals surface area (Å²) in [6.07, 6.45) is 1.60. The molecule has 28 heavy (non-hydrogen) atoms. The molecule has 0 aliphatic heterocycles.